The molecule has 0 aromatic carbocycles. The molecule has 4 heterocycles. The van der Waals surface area contributed by atoms with Gasteiger partial charge >= 0.3 is 0 Å². The quantitative estimate of drug-likeness (QED) is 0.822. The molecule has 0 aromatic rings. The Labute approximate surface area is 149 Å². The van der Waals surface area contributed by atoms with Crippen molar-refractivity contribution in [3.63, 3.8) is 0 Å². The van der Waals surface area contributed by atoms with Crippen LogP contribution in [0.4, 0.5) is 0 Å². The van der Waals surface area contributed by atoms with Crippen molar-refractivity contribution in [2.24, 2.45) is 0 Å². The number of aliphatic hydroxyl groups is 1. The summed E-state index contributed by atoms with van der Waals surface area (Å²) in [4.78, 5) is 6.03. The minimum Gasteiger partial charge on any atom is -0.387 e. The molecule has 2 bridgehead atoms. The summed E-state index contributed by atoms with van der Waals surface area (Å²) in [5.74, 6) is -1.43. The fourth-order valence-electron chi connectivity index (χ4n) is 4.75. The van der Waals surface area contributed by atoms with E-state index < -0.39 is 29.9 Å². The lowest BCUT2D eigenvalue weighted by atomic mass is 9.84. The molecule has 0 saturated carbocycles. The fourth-order valence-corrected chi connectivity index (χ4v) is 4.75. The van der Waals surface area contributed by atoms with Crippen LogP contribution < -0.4 is 0 Å². The van der Waals surface area contributed by atoms with Gasteiger partial charge in [-0.1, -0.05) is 0 Å². The topological polar surface area (TPSA) is 69.6 Å². The van der Waals surface area contributed by atoms with Gasteiger partial charge in [0.25, 0.3) is 0 Å². The highest BCUT2D eigenvalue weighted by atomic mass is 16.8. The zero-order chi connectivity index (χ0) is 18.2. The van der Waals surface area contributed by atoms with E-state index in [2.05, 4.69) is 18.9 Å². The van der Waals surface area contributed by atoms with Crippen LogP contribution in [0, 0.1) is 0 Å². The number of rotatable bonds is 3. The molecule has 1 N–H and O–H groups in total. The molecule has 0 radical (unpaired) electrons. The zero-order valence-electron chi connectivity index (χ0n) is 16.0. The molecule has 0 amide bonds. The van der Waals surface area contributed by atoms with Gasteiger partial charge in [-0.05, 0) is 54.4 Å². The minimum absolute atomic E-state index is 0.0336. The van der Waals surface area contributed by atoms with Crippen molar-refractivity contribution >= 4 is 0 Å². The molecule has 4 aliphatic heterocycles. The first kappa shape index (κ1) is 18.1. The van der Waals surface area contributed by atoms with Gasteiger partial charge in [0.05, 0.1) is 18.8 Å². The Bertz CT molecular complexity index is 536. The third-order valence-electron chi connectivity index (χ3n) is 5.68. The van der Waals surface area contributed by atoms with E-state index in [1.165, 1.54) is 0 Å². The number of ether oxygens (including phenoxy) is 4. The number of hydroxylamine groups is 2. The summed E-state index contributed by atoms with van der Waals surface area (Å²) in [6.45, 7) is 12.2. The normalized spacial score (nSPS) is 48.1. The number of piperidine rings is 1. The van der Waals surface area contributed by atoms with Crippen molar-refractivity contribution in [2.45, 2.75) is 108 Å². The van der Waals surface area contributed by atoms with Gasteiger partial charge in [-0.2, -0.15) is 5.06 Å². The van der Waals surface area contributed by atoms with Crippen LogP contribution in [-0.4, -0.2) is 70.5 Å². The monoisotopic (exact) mass is 357 g/mol. The molecular weight excluding hydrogens is 326 g/mol. The van der Waals surface area contributed by atoms with Crippen LogP contribution in [0.15, 0.2) is 0 Å². The lowest BCUT2D eigenvalue weighted by molar-refractivity contribution is -0.192. The first-order chi connectivity index (χ1) is 11.5. The lowest BCUT2D eigenvalue weighted by Crippen LogP contribution is -2.56. The highest BCUT2D eigenvalue weighted by Crippen LogP contribution is 2.47. The van der Waals surface area contributed by atoms with Crippen LogP contribution in [-0.2, 0) is 23.8 Å². The summed E-state index contributed by atoms with van der Waals surface area (Å²) in [6, 6.07) is 0.0607. The van der Waals surface area contributed by atoms with E-state index in [1.807, 2.05) is 27.7 Å². The maximum atomic E-state index is 11.0. The molecule has 4 rings (SSSR count). The first-order valence-electron chi connectivity index (χ1n) is 9.29. The molecule has 7 nitrogen and oxygen atoms in total. The molecule has 0 aromatic heterocycles. The van der Waals surface area contributed by atoms with E-state index in [0.717, 1.165) is 12.8 Å². The maximum Gasteiger partial charge on any atom is 0.163 e. The SMILES string of the molecule is CC1(C)O[C@@H]([C@H](O)[C@H]2COC(C)(C)O2)[C@@H]([C@H]2C[C@@H]3CC(C)(C)N2O3)O1. The maximum absolute atomic E-state index is 11.0. The summed E-state index contributed by atoms with van der Waals surface area (Å²) in [5.41, 5.74) is -0.0336. The Morgan fingerprint density at radius 2 is 1.72 bits per heavy atom. The molecule has 0 spiro atoms. The third kappa shape index (κ3) is 3.14. The molecular formula is C18H31NO6. The van der Waals surface area contributed by atoms with Gasteiger partial charge in [0, 0.05) is 5.54 Å². The van der Waals surface area contributed by atoms with E-state index in [-0.39, 0.29) is 23.8 Å². The Morgan fingerprint density at radius 1 is 1.00 bits per heavy atom. The standard InChI is InChI=1S/C18H31NO6/c1-16(2)8-10-7-11(19(16)25-10)14-15(24-18(5,6)23-14)13(20)12-9-21-17(3,4)22-12/h10-15,20H,7-9H2,1-6H3/t10-,11-,12-,13-,14-,15+/m1/s1. The molecule has 0 aliphatic carbocycles. The van der Waals surface area contributed by atoms with Crippen LogP contribution in [0.1, 0.15) is 54.4 Å². The van der Waals surface area contributed by atoms with Gasteiger partial charge < -0.3 is 24.1 Å². The summed E-state index contributed by atoms with van der Waals surface area (Å²) in [7, 11) is 0. The highest BCUT2D eigenvalue weighted by molar-refractivity contribution is 5.05. The molecule has 4 aliphatic rings. The average Bonchev–Trinajstić information content (AvgIpc) is 3.18. The Kier molecular flexibility index (Phi) is 4.06. The number of hydrogen-bond acceptors (Lipinski definition) is 7. The summed E-state index contributed by atoms with van der Waals surface area (Å²) >= 11 is 0. The highest BCUT2D eigenvalue weighted by Gasteiger charge is 2.59. The van der Waals surface area contributed by atoms with Crippen LogP contribution in [0.2, 0.25) is 0 Å². The van der Waals surface area contributed by atoms with E-state index in [0.29, 0.717) is 6.61 Å². The molecule has 7 atom stereocenters. The Hall–Kier alpha value is -0.280. The van der Waals surface area contributed by atoms with E-state index >= 15 is 0 Å². The van der Waals surface area contributed by atoms with Crippen molar-refractivity contribution in [3.8, 4) is 0 Å². The minimum atomic E-state index is -0.822. The molecule has 4 fully saturated rings. The summed E-state index contributed by atoms with van der Waals surface area (Å²) in [6.07, 6.45) is 0.115. The van der Waals surface area contributed by atoms with Gasteiger partial charge in [-0.3, -0.25) is 4.84 Å². The van der Waals surface area contributed by atoms with E-state index in [1.54, 1.807) is 0 Å². The second-order valence-electron chi connectivity index (χ2n) is 9.30. The van der Waals surface area contributed by atoms with Crippen LogP contribution >= 0.6 is 0 Å². The van der Waals surface area contributed by atoms with Crippen LogP contribution in [0.25, 0.3) is 0 Å². The number of aliphatic hydroxyl groups excluding tert-OH is 1. The molecule has 4 saturated heterocycles. The largest absolute Gasteiger partial charge is 0.387 e. The second-order valence-corrected chi connectivity index (χ2v) is 9.30. The van der Waals surface area contributed by atoms with Crippen LogP contribution in [0.3, 0.4) is 0 Å². The summed E-state index contributed by atoms with van der Waals surface area (Å²) < 4.78 is 23.8. The molecule has 25 heavy (non-hydrogen) atoms. The van der Waals surface area contributed by atoms with Crippen molar-refractivity contribution in [1.82, 2.24) is 5.06 Å². The van der Waals surface area contributed by atoms with Crippen molar-refractivity contribution in [3.05, 3.63) is 0 Å². The molecule has 1 unspecified atom stereocenters. The van der Waals surface area contributed by atoms with Gasteiger partial charge in [0.2, 0.25) is 0 Å². The van der Waals surface area contributed by atoms with Crippen molar-refractivity contribution in [1.29, 1.82) is 0 Å². The predicted molar refractivity (Wildman–Crippen MR) is 88.5 cm³/mol. The number of hydrogen-bond donors (Lipinski definition) is 1. The van der Waals surface area contributed by atoms with Crippen molar-refractivity contribution in [2.75, 3.05) is 6.61 Å². The second kappa shape index (κ2) is 5.61. The van der Waals surface area contributed by atoms with E-state index in [4.69, 9.17) is 23.8 Å². The van der Waals surface area contributed by atoms with Gasteiger partial charge in [0.1, 0.15) is 24.4 Å². The van der Waals surface area contributed by atoms with Crippen LogP contribution in [0.5, 0.6) is 0 Å². The van der Waals surface area contributed by atoms with E-state index in [9.17, 15) is 5.11 Å². The average molecular weight is 357 g/mol. The van der Waals surface area contributed by atoms with Gasteiger partial charge in [-0.15, -0.1) is 0 Å². The Balaban J connectivity index is 1.54. The lowest BCUT2D eigenvalue weighted by Gasteiger charge is -2.39. The smallest absolute Gasteiger partial charge is 0.163 e. The number of fused-ring (bicyclic) bond motifs is 2. The van der Waals surface area contributed by atoms with Gasteiger partial charge in [-0.25, -0.2) is 0 Å². The fraction of sp³-hybridized carbons (Fsp3) is 1.00. The molecule has 7 heteroatoms. The first-order valence-corrected chi connectivity index (χ1v) is 9.29. The predicted octanol–water partition coefficient (Wildman–Crippen LogP) is 1.58. The molecule has 144 valence electrons. The number of nitrogens with zero attached hydrogens (tertiary/aromatic N) is 1. The van der Waals surface area contributed by atoms with Gasteiger partial charge in [0.15, 0.2) is 11.6 Å². The Morgan fingerprint density at radius 3 is 2.28 bits per heavy atom. The summed E-state index contributed by atoms with van der Waals surface area (Å²) in [5, 5.41) is 13.0. The third-order valence-corrected chi connectivity index (χ3v) is 5.68. The van der Waals surface area contributed by atoms with Crippen molar-refractivity contribution < 1.29 is 28.9 Å². The zero-order valence-corrected chi connectivity index (χ0v) is 16.0.